The number of carbonyl (C=O) groups is 3. The molecule has 1 unspecified atom stereocenters. The van der Waals surface area contributed by atoms with E-state index >= 15 is 0 Å². The van der Waals surface area contributed by atoms with Gasteiger partial charge in [-0.2, -0.15) is 0 Å². The molecule has 71 heavy (non-hydrogen) atoms. The van der Waals surface area contributed by atoms with E-state index in [2.05, 4.69) is 106 Å². The summed E-state index contributed by atoms with van der Waals surface area (Å²) in [4.78, 5) is 38.2. The molecule has 408 valence electrons. The molecule has 0 saturated heterocycles. The Morgan fingerprint density at radius 1 is 0.310 bits per heavy atom. The Hall–Kier alpha value is -3.41. The van der Waals surface area contributed by atoms with Gasteiger partial charge in [0.05, 0.1) is 0 Å². The van der Waals surface area contributed by atoms with Crippen LogP contribution < -0.4 is 0 Å². The molecule has 6 heteroatoms. The smallest absolute Gasteiger partial charge is 0.306 e. The lowest BCUT2D eigenvalue weighted by molar-refractivity contribution is -0.167. The first kappa shape index (κ1) is 67.6. The zero-order valence-corrected chi connectivity index (χ0v) is 46.7. The number of rotatable bonds is 54. The number of allylic oxidation sites excluding steroid dienone is 14. The highest BCUT2D eigenvalue weighted by Gasteiger charge is 2.19. The first-order valence-corrected chi connectivity index (χ1v) is 30.1. The van der Waals surface area contributed by atoms with Crippen molar-refractivity contribution in [2.24, 2.45) is 0 Å². The average Bonchev–Trinajstić information content (AvgIpc) is 3.37. The van der Waals surface area contributed by atoms with Crippen molar-refractivity contribution in [1.29, 1.82) is 0 Å². The maximum absolute atomic E-state index is 12.9. The minimum atomic E-state index is -0.807. The van der Waals surface area contributed by atoms with Crippen LogP contribution in [0, 0.1) is 0 Å². The highest BCUT2D eigenvalue weighted by molar-refractivity contribution is 5.71. The summed E-state index contributed by atoms with van der Waals surface area (Å²) in [5.74, 6) is -0.950. The van der Waals surface area contributed by atoms with Crippen LogP contribution in [0.5, 0.6) is 0 Å². The normalized spacial score (nSPS) is 12.7. The lowest BCUT2D eigenvalue weighted by Gasteiger charge is -2.18. The van der Waals surface area contributed by atoms with E-state index in [0.717, 1.165) is 77.0 Å². The van der Waals surface area contributed by atoms with Gasteiger partial charge in [0.15, 0.2) is 6.10 Å². The van der Waals surface area contributed by atoms with Gasteiger partial charge in [0, 0.05) is 19.3 Å². The van der Waals surface area contributed by atoms with Gasteiger partial charge in [-0.15, -0.1) is 0 Å². The molecule has 0 fully saturated rings. The number of hydrogen-bond donors (Lipinski definition) is 0. The molecule has 0 aromatic rings. The van der Waals surface area contributed by atoms with Crippen molar-refractivity contribution in [2.45, 2.75) is 297 Å². The van der Waals surface area contributed by atoms with Crippen LogP contribution in [0.1, 0.15) is 290 Å². The van der Waals surface area contributed by atoms with Crippen molar-refractivity contribution in [3.63, 3.8) is 0 Å². The van der Waals surface area contributed by atoms with Gasteiger partial charge in [-0.1, -0.05) is 273 Å². The number of carbonyl (C=O) groups excluding carboxylic acids is 3. The summed E-state index contributed by atoms with van der Waals surface area (Å²) < 4.78 is 16.9. The predicted octanol–water partition coefficient (Wildman–Crippen LogP) is 20.3. The summed E-state index contributed by atoms with van der Waals surface area (Å²) in [6.45, 7) is 6.48. The van der Waals surface area contributed by atoms with E-state index in [-0.39, 0.29) is 37.5 Å². The van der Waals surface area contributed by atoms with Crippen molar-refractivity contribution in [1.82, 2.24) is 0 Å². The largest absolute Gasteiger partial charge is 0.462 e. The third-order valence-electron chi connectivity index (χ3n) is 12.9. The third-order valence-corrected chi connectivity index (χ3v) is 12.9. The van der Waals surface area contributed by atoms with Gasteiger partial charge in [-0.05, 0) is 83.5 Å². The molecule has 0 aromatic heterocycles. The summed E-state index contributed by atoms with van der Waals surface area (Å²) in [5.41, 5.74) is 0. The Bertz CT molecular complexity index is 1370. The second-order valence-corrected chi connectivity index (χ2v) is 19.9. The second-order valence-electron chi connectivity index (χ2n) is 19.9. The van der Waals surface area contributed by atoms with Crippen molar-refractivity contribution < 1.29 is 28.6 Å². The van der Waals surface area contributed by atoms with Gasteiger partial charge in [0.1, 0.15) is 13.2 Å². The second kappa shape index (κ2) is 59.2. The van der Waals surface area contributed by atoms with Crippen molar-refractivity contribution >= 4 is 17.9 Å². The van der Waals surface area contributed by atoms with Crippen LogP contribution in [0.4, 0.5) is 0 Å². The molecule has 0 aliphatic heterocycles. The van der Waals surface area contributed by atoms with Gasteiger partial charge in [-0.3, -0.25) is 14.4 Å². The SMILES string of the molecule is CC/C=C\C/C=C\C/C=C\C/C=C\C/C=C\CCCC(=O)OC(COC(=O)CCCCCCCCCCCC/C=C\C=C/CCCCC)COC(=O)CCCCCCCCCCCCCCCCCCC. The van der Waals surface area contributed by atoms with Crippen LogP contribution in [0.25, 0.3) is 0 Å². The Labute approximate surface area is 439 Å². The predicted molar refractivity (Wildman–Crippen MR) is 307 cm³/mol. The maximum Gasteiger partial charge on any atom is 0.306 e. The van der Waals surface area contributed by atoms with E-state index in [1.165, 1.54) is 167 Å². The minimum Gasteiger partial charge on any atom is -0.462 e. The van der Waals surface area contributed by atoms with E-state index in [4.69, 9.17) is 14.2 Å². The van der Waals surface area contributed by atoms with E-state index in [0.29, 0.717) is 19.3 Å². The van der Waals surface area contributed by atoms with Crippen molar-refractivity contribution in [3.8, 4) is 0 Å². The van der Waals surface area contributed by atoms with E-state index in [9.17, 15) is 14.4 Å². The lowest BCUT2D eigenvalue weighted by atomic mass is 10.0. The monoisotopic (exact) mass is 989 g/mol. The minimum absolute atomic E-state index is 0.0977. The van der Waals surface area contributed by atoms with Crippen LogP contribution in [0.2, 0.25) is 0 Å². The summed E-state index contributed by atoms with van der Waals surface area (Å²) in [5, 5.41) is 0. The molecule has 0 aliphatic carbocycles. The molecule has 1 atom stereocenters. The molecule has 0 rings (SSSR count). The fraction of sp³-hybridized carbons (Fsp3) is 0.738. The molecule has 0 bridgehead atoms. The average molecular weight is 990 g/mol. The van der Waals surface area contributed by atoms with E-state index < -0.39 is 6.10 Å². The molecule has 0 heterocycles. The fourth-order valence-corrected chi connectivity index (χ4v) is 8.41. The molecule has 0 N–H and O–H groups in total. The first-order chi connectivity index (χ1) is 35.0. The Morgan fingerprint density at radius 3 is 1.00 bits per heavy atom. The van der Waals surface area contributed by atoms with Crippen LogP contribution in [-0.2, 0) is 28.6 Å². The molecule has 0 aromatic carbocycles. The summed E-state index contributed by atoms with van der Waals surface area (Å²) in [7, 11) is 0. The zero-order valence-electron chi connectivity index (χ0n) is 46.7. The van der Waals surface area contributed by atoms with Gasteiger partial charge in [-0.25, -0.2) is 0 Å². The van der Waals surface area contributed by atoms with E-state index in [1.54, 1.807) is 0 Å². The van der Waals surface area contributed by atoms with Crippen LogP contribution >= 0.6 is 0 Å². The summed E-state index contributed by atoms with van der Waals surface area (Å²) in [6, 6.07) is 0. The number of esters is 3. The van der Waals surface area contributed by atoms with Crippen LogP contribution in [-0.4, -0.2) is 37.2 Å². The number of hydrogen-bond acceptors (Lipinski definition) is 6. The van der Waals surface area contributed by atoms with Crippen LogP contribution in [0.15, 0.2) is 85.1 Å². The number of ether oxygens (including phenoxy) is 3. The quantitative estimate of drug-likeness (QED) is 0.0199. The van der Waals surface area contributed by atoms with Crippen molar-refractivity contribution in [3.05, 3.63) is 85.1 Å². The fourth-order valence-electron chi connectivity index (χ4n) is 8.41. The van der Waals surface area contributed by atoms with E-state index in [1.807, 2.05) is 0 Å². The van der Waals surface area contributed by atoms with Gasteiger partial charge in [0.25, 0.3) is 0 Å². The first-order valence-electron chi connectivity index (χ1n) is 30.1. The highest BCUT2D eigenvalue weighted by atomic mass is 16.6. The molecule has 0 aliphatic rings. The highest BCUT2D eigenvalue weighted by Crippen LogP contribution is 2.16. The van der Waals surface area contributed by atoms with Gasteiger partial charge in [0.2, 0.25) is 0 Å². The topological polar surface area (TPSA) is 78.9 Å². The standard InChI is InChI=1S/C65H112O6/c1-4-7-10-13-16-19-22-25-28-31-32-35-37-40-43-46-49-52-55-58-64(67)70-61-62(71-65(68)59-56-53-50-47-44-41-38-34-30-27-24-21-18-15-12-9-6-3)60-69-63(66)57-54-51-48-45-42-39-36-33-29-26-23-20-17-14-11-8-5-2/h9,12,16,18-19,21-22,25,27,30,38,41,47,50,62H,4-8,10-11,13-15,17,20,23-24,26,28-29,31-37,39-40,42-46,48-49,51-61H2,1-3H3/b12-9-,19-16-,21-18-,25-22-,30-27-,41-38-,50-47-. The molecule has 6 nitrogen and oxygen atoms in total. The van der Waals surface area contributed by atoms with Crippen LogP contribution in [0.3, 0.4) is 0 Å². The lowest BCUT2D eigenvalue weighted by Crippen LogP contribution is -2.30. The Kier molecular flexibility index (Phi) is 56.3. The third kappa shape index (κ3) is 57.4. The Balaban J connectivity index is 4.44. The molecule has 0 amide bonds. The molecular weight excluding hydrogens is 877 g/mol. The zero-order chi connectivity index (χ0) is 51.4. The molecule has 0 radical (unpaired) electrons. The molecule has 0 saturated carbocycles. The Morgan fingerprint density at radius 2 is 0.606 bits per heavy atom. The number of unbranched alkanes of at least 4 members (excludes halogenated alkanes) is 30. The summed E-state index contributed by atoms with van der Waals surface area (Å²) in [6.07, 6.45) is 77.2. The van der Waals surface area contributed by atoms with Gasteiger partial charge >= 0.3 is 17.9 Å². The summed E-state index contributed by atoms with van der Waals surface area (Å²) >= 11 is 0. The van der Waals surface area contributed by atoms with Gasteiger partial charge < -0.3 is 14.2 Å². The maximum atomic E-state index is 12.9. The van der Waals surface area contributed by atoms with Crippen molar-refractivity contribution in [2.75, 3.05) is 13.2 Å². The molecular formula is C65H112O6. The molecule has 0 spiro atoms.